The first kappa shape index (κ1) is 17.4. The summed E-state index contributed by atoms with van der Waals surface area (Å²) in [6, 6.07) is 0.581. The number of carbonyl (C=O) groups is 1. The molecule has 134 valence electrons. The minimum Gasteiger partial charge on any atom is -0.361 e. The fourth-order valence-electron chi connectivity index (χ4n) is 4.19. The molecule has 6 heteroatoms. The summed E-state index contributed by atoms with van der Waals surface area (Å²) in [6.07, 6.45) is 1.08. The molecule has 2 atom stereocenters. The molecule has 24 heavy (non-hydrogen) atoms. The highest BCUT2D eigenvalue weighted by molar-refractivity contribution is 5.73. The molecule has 6 nitrogen and oxygen atoms in total. The van der Waals surface area contributed by atoms with E-state index in [1.54, 1.807) is 6.92 Å². The SMILES string of the molecule is CC(=O)N1CCCN([C@H]2CN(Cc3c(C)noc3C)C[C@H]2C)CC1. The molecule has 2 aliphatic heterocycles. The minimum absolute atomic E-state index is 0.205. The van der Waals surface area contributed by atoms with Gasteiger partial charge in [0.25, 0.3) is 0 Å². The van der Waals surface area contributed by atoms with Crippen LogP contribution < -0.4 is 0 Å². The smallest absolute Gasteiger partial charge is 0.219 e. The molecular formula is C18H30N4O2. The first-order valence-electron chi connectivity index (χ1n) is 9.09. The van der Waals surface area contributed by atoms with Crippen LogP contribution in [0.2, 0.25) is 0 Å². The molecule has 0 radical (unpaired) electrons. The summed E-state index contributed by atoms with van der Waals surface area (Å²) < 4.78 is 5.30. The van der Waals surface area contributed by atoms with Crippen molar-refractivity contribution in [2.45, 2.75) is 46.7 Å². The van der Waals surface area contributed by atoms with Crippen LogP contribution in [0, 0.1) is 19.8 Å². The van der Waals surface area contributed by atoms with E-state index in [0.717, 1.165) is 63.7 Å². The molecule has 0 N–H and O–H groups in total. The fraction of sp³-hybridized carbons (Fsp3) is 0.778. The molecule has 1 amide bonds. The van der Waals surface area contributed by atoms with Crippen LogP contribution in [0.3, 0.4) is 0 Å². The van der Waals surface area contributed by atoms with Crippen molar-refractivity contribution in [1.82, 2.24) is 19.9 Å². The van der Waals surface area contributed by atoms with Gasteiger partial charge in [0, 0.05) is 64.3 Å². The summed E-state index contributed by atoms with van der Waals surface area (Å²) in [7, 11) is 0. The Morgan fingerprint density at radius 2 is 2.00 bits per heavy atom. The normalized spacial score (nSPS) is 26.8. The number of amides is 1. The van der Waals surface area contributed by atoms with E-state index in [1.165, 1.54) is 5.56 Å². The molecule has 2 aliphatic rings. The molecule has 1 aromatic rings. The summed E-state index contributed by atoms with van der Waals surface area (Å²) in [5, 5.41) is 4.07. The molecule has 0 spiro atoms. The highest BCUT2D eigenvalue weighted by atomic mass is 16.5. The summed E-state index contributed by atoms with van der Waals surface area (Å²) in [6.45, 7) is 15.0. The largest absolute Gasteiger partial charge is 0.361 e. The second-order valence-corrected chi connectivity index (χ2v) is 7.44. The van der Waals surface area contributed by atoms with Gasteiger partial charge in [-0.25, -0.2) is 0 Å². The van der Waals surface area contributed by atoms with Crippen molar-refractivity contribution in [3.63, 3.8) is 0 Å². The van der Waals surface area contributed by atoms with Gasteiger partial charge in [-0.15, -0.1) is 0 Å². The van der Waals surface area contributed by atoms with E-state index in [0.29, 0.717) is 12.0 Å². The van der Waals surface area contributed by atoms with E-state index in [-0.39, 0.29) is 5.91 Å². The van der Waals surface area contributed by atoms with Crippen LogP contribution in [-0.4, -0.2) is 71.1 Å². The van der Waals surface area contributed by atoms with Crippen molar-refractivity contribution in [3.8, 4) is 0 Å². The number of hydrogen-bond acceptors (Lipinski definition) is 5. The van der Waals surface area contributed by atoms with E-state index in [2.05, 4.69) is 21.9 Å². The number of nitrogens with zero attached hydrogens (tertiary/aromatic N) is 4. The number of hydrogen-bond donors (Lipinski definition) is 0. The first-order chi connectivity index (χ1) is 11.5. The maximum Gasteiger partial charge on any atom is 0.219 e. The molecule has 3 heterocycles. The molecular weight excluding hydrogens is 304 g/mol. The lowest BCUT2D eigenvalue weighted by atomic mass is 10.0. The number of aryl methyl sites for hydroxylation is 2. The van der Waals surface area contributed by atoms with Gasteiger partial charge < -0.3 is 9.42 Å². The molecule has 1 aromatic heterocycles. The van der Waals surface area contributed by atoms with E-state index in [1.807, 2.05) is 18.7 Å². The van der Waals surface area contributed by atoms with Crippen LogP contribution in [0.15, 0.2) is 4.52 Å². The Morgan fingerprint density at radius 3 is 2.67 bits per heavy atom. The van der Waals surface area contributed by atoms with E-state index in [9.17, 15) is 4.79 Å². The maximum absolute atomic E-state index is 11.6. The number of aromatic nitrogens is 1. The second kappa shape index (κ2) is 7.23. The lowest BCUT2D eigenvalue weighted by Crippen LogP contribution is -2.42. The van der Waals surface area contributed by atoms with Crippen LogP contribution in [0.5, 0.6) is 0 Å². The van der Waals surface area contributed by atoms with Crippen LogP contribution in [0.4, 0.5) is 0 Å². The average molecular weight is 334 g/mol. The molecule has 0 bridgehead atoms. The zero-order chi connectivity index (χ0) is 17.3. The zero-order valence-corrected chi connectivity index (χ0v) is 15.4. The van der Waals surface area contributed by atoms with Crippen molar-refractivity contribution in [2.75, 3.05) is 39.3 Å². The molecule has 0 saturated carbocycles. The minimum atomic E-state index is 0.205. The van der Waals surface area contributed by atoms with Gasteiger partial charge in [-0.05, 0) is 26.2 Å². The third-order valence-corrected chi connectivity index (χ3v) is 5.66. The van der Waals surface area contributed by atoms with Crippen LogP contribution in [0.25, 0.3) is 0 Å². The fourth-order valence-corrected chi connectivity index (χ4v) is 4.19. The van der Waals surface area contributed by atoms with Crippen LogP contribution in [0.1, 0.15) is 37.3 Å². The van der Waals surface area contributed by atoms with Gasteiger partial charge >= 0.3 is 0 Å². The van der Waals surface area contributed by atoms with Crippen LogP contribution in [-0.2, 0) is 11.3 Å². The van der Waals surface area contributed by atoms with Gasteiger partial charge in [0.05, 0.1) is 5.69 Å². The molecule has 2 saturated heterocycles. The maximum atomic E-state index is 11.6. The molecule has 0 unspecified atom stereocenters. The Balaban J connectivity index is 1.60. The Morgan fingerprint density at radius 1 is 1.21 bits per heavy atom. The zero-order valence-electron chi connectivity index (χ0n) is 15.4. The van der Waals surface area contributed by atoms with Gasteiger partial charge in [-0.2, -0.15) is 0 Å². The van der Waals surface area contributed by atoms with E-state index >= 15 is 0 Å². The predicted octanol–water partition coefficient (Wildman–Crippen LogP) is 1.67. The molecule has 2 fully saturated rings. The third kappa shape index (κ3) is 3.64. The summed E-state index contributed by atoms with van der Waals surface area (Å²) in [5.41, 5.74) is 2.25. The number of carbonyl (C=O) groups excluding carboxylic acids is 1. The highest BCUT2D eigenvalue weighted by Gasteiger charge is 2.35. The van der Waals surface area contributed by atoms with Gasteiger partial charge in [0.2, 0.25) is 5.91 Å². The quantitative estimate of drug-likeness (QED) is 0.841. The van der Waals surface area contributed by atoms with Gasteiger partial charge in [-0.3, -0.25) is 14.6 Å². The van der Waals surface area contributed by atoms with Crippen molar-refractivity contribution in [2.24, 2.45) is 5.92 Å². The van der Waals surface area contributed by atoms with E-state index < -0.39 is 0 Å². The monoisotopic (exact) mass is 334 g/mol. The van der Waals surface area contributed by atoms with Crippen molar-refractivity contribution < 1.29 is 9.32 Å². The van der Waals surface area contributed by atoms with Crippen molar-refractivity contribution >= 4 is 5.91 Å². The first-order valence-corrected chi connectivity index (χ1v) is 9.09. The molecule has 3 rings (SSSR count). The molecule has 0 aliphatic carbocycles. The van der Waals surface area contributed by atoms with Gasteiger partial charge in [0.1, 0.15) is 5.76 Å². The summed E-state index contributed by atoms with van der Waals surface area (Å²) in [4.78, 5) is 18.7. The summed E-state index contributed by atoms with van der Waals surface area (Å²) >= 11 is 0. The molecule has 0 aromatic carbocycles. The van der Waals surface area contributed by atoms with E-state index in [4.69, 9.17) is 4.52 Å². The Hall–Kier alpha value is -1.40. The average Bonchev–Trinajstić information content (AvgIpc) is 2.94. The Kier molecular flexibility index (Phi) is 5.25. The third-order valence-electron chi connectivity index (χ3n) is 5.66. The van der Waals surface area contributed by atoms with Gasteiger partial charge in [-0.1, -0.05) is 12.1 Å². The second-order valence-electron chi connectivity index (χ2n) is 7.44. The lowest BCUT2D eigenvalue weighted by Gasteiger charge is -2.30. The van der Waals surface area contributed by atoms with Crippen molar-refractivity contribution in [1.29, 1.82) is 0 Å². The van der Waals surface area contributed by atoms with Gasteiger partial charge in [0.15, 0.2) is 0 Å². The predicted molar refractivity (Wildman–Crippen MR) is 92.7 cm³/mol. The Bertz CT molecular complexity index is 566. The Labute approximate surface area is 144 Å². The van der Waals surface area contributed by atoms with Crippen molar-refractivity contribution in [3.05, 3.63) is 17.0 Å². The highest BCUT2D eigenvalue weighted by Crippen LogP contribution is 2.26. The topological polar surface area (TPSA) is 52.8 Å². The standard InChI is InChI=1S/C18H30N4O2/c1-13-10-20(11-17-14(2)19-24-15(17)3)12-18(13)22-7-5-6-21(8-9-22)16(4)23/h13,18H,5-12H2,1-4H3/t13-,18+/m1/s1. The van der Waals surface area contributed by atoms with Crippen LogP contribution >= 0.6 is 0 Å². The number of rotatable bonds is 3. The summed E-state index contributed by atoms with van der Waals surface area (Å²) in [5.74, 6) is 1.79. The number of likely N-dealkylation sites (tertiary alicyclic amines) is 1. The lowest BCUT2D eigenvalue weighted by molar-refractivity contribution is -0.128.